The molecule has 0 aliphatic carbocycles. The number of carbonyl (C=O) groups is 4. The average Bonchev–Trinajstić information content (AvgIpc) is 2.67. The molecule has 10 heteroatoms. The van der Waals surface area contributed by atoms with Gasteiger partial charge in [-0.3, -0.25) is 14.9 Å². The van der Waals surface area contributed by atoms with Crippen LogP contribution in [0.4, 0.5) is 4.79 Å². The molecule has 0 fully saturated rings. The fourth-order valence-corrected chi connectivity index (χ4v) is 2.67. The van der Waals surface area contributed by atoms with Crippen LogP contribution in [0.25, 0.3) is 0 Å². The minimum atomic E-state index is -2.17. The number of aliphatic carboxylic acids is 1. The first-order valence-corrected chi connectivity index (χ1v) is 11.4. The van der Waals surface area contributed by atoms with E-state index in [-0.39, 0.29) is 30.6 Å². The van der Waals surface area contributed by atoms with Crippen LogP contribution in [0.15, 0.2) is 18.2 Å². The van der Waals surface area contributed by atoms with Gasteiger partial charge >= 0.3 is 24.1 Å². The van der Waals surface area contributed by atoms with Gasteiger partial charge in [0.15, 0.2) is 11.5 Å². The average molecular weight is 496 g/mol. The number of carboxylic acids is 1. The minimum absolute atomic E-state index is 0.00302. The number of hydrogen-bond donors (Lipinski definition) is 2. The molecule has 0 bridgehead atoms. The summed E-state index contributed by atoms with van der Waals surface area (Å²) in [6, 6.07) is 3.89. The molecule has 1 aromatic carbocycles. The number of nitrogens with one attached hydrogen (secondary N) is 1. The van der Waals surface area contributed by atoms with E-state index in [4.69, 9.17) is 18.9 Å². The summed E-state index contributed by atoms with van der Waals surface area (Å²) in [5.74, 6) is -2.66. The van der Waals surface area contributed by atoms with E-state index in [9.17, 15) is 24.3 Å². The third-order valence-electron chi connectivity index (χ3n) is 4.48. The number of hydrogen-bond acceptors (Lipinski definition) is 9. The second kappa shape index (κ2) is 11.5. The first-order valence-electron chi connectivity index (χ1n) is 11.4. The van der Waals surface area contributed by atoms with Gasteiger partial charge in [0.25, 0.3) is 5.72 Å². The van der Waals surface area contributed by atoms with Crippen molar-refractivity contribution in [2.75, 3.05) is 6.61 Å². The highest BCUT2D eigenvalue weighted by Gasteiger charge is 2.44. The smallest absolute Gasteiger partial charge is 0.477 e. The van der Waals surface area contributed by atoms with E-state index < -0.39 is 40.6 Å². The van der Waals surface area contributed by atoms with Crippen molar-refractivity contribution in [3.05, 3.63) is 23.8 Å². The molecule has 0 radical (unpaired) electrons. The normalized spacial score (nSPS) is 13.5. The van der Waals surface area contributed by atoms with Gasteiger partial charge in [-0.2, -0.15) is 0 Å². The van der Waals surface area contributed by atoms with Crippen LogP contribution in [0, 0.1) is 10.8 Å². The molecule has 0 spiro atoms. The quantitative estimate of drug-likeness (QED) is 0.293. The van der Waals surface area contributed by atoms with Crippen LogP contribution in [0.3, 0.4) is 0 Å². The van der Waals surface area contributed by atoms with Crippen LogP contribution in [-0.4, -0.2) is 47.5 Å². The van der Waals surface area contributed by atoms with Crippen molar-refractivity contribution < 1.29 is 43.2 Å². The van der Waals surface area contributed by atoms with E-state index in [0.717, 1.165) is 0 Å². The molecule has 10 nitrogen and oxygen atoms in total. The van der Waals surface area contributed by atoms with E-state index in [1.54, 1.807) is 62.3 Å². The standard InChI is InChI=1S/C25H37NO9/c1-10-32-22(31)35-25(19(27)28,26-15(2)3)14-16-11-12-17(33-20(29)23(4,5)6)18(13-16)34-21(30)24(7,8)9/h11-13,15,26H,10,14H2,1-9H3,(H,27,28)/t25-/m0/s1. The van der Waals surface area contributed by atoms with Gasteiger partial charge in [-0.15, -0.1) is 0 Å². The van der Waals surface area contributed by atoms with Crippen LogP contribution in [-0.2, 0) is 30.3 Å². The number of rotatable bonds is 9. The van der Waals surface area contributed by atoms with Crippen LogP contribution >= 0.6 is 0 Å². The molecule has 196 valence electrons. The Kier molecular flexibility index (Phi) is 9.84. The molecular weight excluding hydrogens is 458 g/mol. The fourth-order valence-electron chi connectivity index (χ4n) is 2.67. The van der Waals surface area contributed by atoms with Crippen LogP contribution in [0.2, 0.25) is 0 Å². The largest absolute Gasteiger partial charge is 0.510 e. The lowest BCUT2D eigenvalue weighted by molar-refractivity contribution is -0.166. The number of ether oxygens (including phenoxy) is 4. The second-order valence-corrected chi connectivity index (χ2v) is 10.5. The van der Waals surface area contributed by atoms with Crippen LogP contribution in [0.5, 0.6) is 11.5 Å². The Morgan fingerprint density at radius 3 is 1.86 bits per heavy atom. The van der Waals surface area contributed by atoms with Gasteiger partial charge < -0.3 is 24.1 Å². The third kappa shape index (κ3) is 8.86. The molecule has 1 rings (SSSR count). The molecule has 35 heavy (non-hydrogen) atoms. The van der Waals surface area contributed by atoms with E-state index in [2.05, 4.69) is 5.32 Å². The van der Waals surface area contributed by atoms with E-state index in [0.29, 0.717) is 5.56 Å². The van der Waals surface area contributed by atoms with Crippen molar-refractivity contribution in [2.24, 2.45) is 10.8 Å². The summed E-state index contributed by atoms with van der Waals surface area (Å²) >= 11 is 0. The van der Waals surface area contributed by atoms with E-state index in [1.165, 1.54) is 18.2 Å². The minimum Gasteiger partial charge on any atom is -0.477 e. The Balaban J connectivity index is 3.52. The molecule has 1 aromatic rings. The predicted molar refractivity (Wildman–Crippen MR) is 127 cm³/mol. The van der Waals surface area contributed by atoms with Crippen molar-refractivity contribution in [3.63, 3.8) is 0 Å². The van der Waals surface area contributed by atoms with E-state index >= 15 is 0 Å². The van der Waals surface area contributed by atoms with Gasteiger partial charge in [0.05, 0.1) is 17.4 Å². The molecule has 0 amide bonds. The van der Waals surface area contributed by atoms with Gasteiger partial charge in [-0.05, 0) is 80.0 Å². The Labute approximate surface area is 206 Å². The zero-order chi connectivity index (χ0) is 27.2. The lowest BCUT2D eigenvalue weighted by Gasteiger charge is -2.31. The number of carbonyl (C=O) groups excluding carboxylic acids is 3. The predicted octanol–water partition coefficient (Wildman–Crippen LogP) is 4.08. The van der Waals surface area contributed by atoms with Crippen molar-refractivity contribution in [1.29, 1.82) is 0 Å². The van der Waals surface area contributed by atoms with Gasteiger partial charge in [0.1, 0.15) is 0 Å². The van der Waals surface area contributed by atoms with Gasteiger partial charge in [0, 0.05) is 12.5 Å². The lowest BCUT2D eigenvalue weighted by atomic mass is 9.97. The zero-order valence-electron chi connectivity index (χ0n) is 21.9. The first kappa shape index (κ1) is 29.9. The Morgan fingerprint density at radius 2 is 1.43 bits per heavy atom. The first-order chi connectivity index (χ1) is 15.9. The van der Waals surface area contributed by atoms with Gasteiger partial charge in [-0.25, -0.2) is 9.59 Å². The summed E-state index contributed by atoms with van der Waals surface area (Å²) in [5, 5.41) is 12.8. The SMILES string of the molecule is CCOC(=O)O[C@](Cc1ccc(OC(=O)C(C)(C)C)c(OC(=O)C(C)(C)C)c1)(NC(C)C)C(=O)O. The molecule has 0 heterocycles. The van der Waals surface area contributed by atoms with Crippen molar-refractivity contribution in [1.82, 2.24) is 5.32 Å². The van der Waals surface area contributed by atoms with Gasteiger partial charge in [0.2, 0.25) is 0 Å². The number of benzene rings is 1. The number of esters is 2. The van der Waals surface area contributed by atoms with Crippen LogP contribution < -0.4 is 14.8 Å². The summed E-state index contributed by atoms with van der Waals surface area (Å²) < 4.78 is 21.0. The molecule has 1 atom stereocenters. The van der Waals surface area contributed by atoms with Crippen molar-refractivity contribution >= 4 is 24.1 Å². The van der Waals surface area contributed by atoms with Crippen molar-refractivity contribution in [2.45, 2.75) is 80.5 Å². The second-order valence-electron chi connectivity index (χ2n) is 10.5. The summed E-state index contributed by atoms with van der Waals surface area (Å²) in [5.41, 5.74) is -3.53. The topological polar surface area (TPSA) is 137 Å². The summed E-state index contributed by atoms with van der Waals surface area (Å²) in [6.07, 6.45) is -1.49. The Hall–Kier alpha value is -3.14. The van der Waals surface area contributed by atoms with Gasteiger partial charge in [-0.1, -0.05) is 6.07 Å². The highest BCUT2D eigenvalue weighted by Crippen LogP contribution is 2.34. The maximum atomic E-state index is 12.6. The molecule has 0 aliphatic heterocycles. The molecule has 0 aromatic heterocycles. The molecular formula is C25H37NO9. The molecule has 0 unspecified atom stereocenters. The fraction of sp³-hybridized carbons (Fsp3) is 0.600. The molecule has 0 saturated heterocycles. The zero-order valence-corrected chi connectivity index (χ0v) is 21.9. The lowest BCUT2D eigenvalue weighted by Crippen LogP contribution is -2.59. The highest BCUT2D eigenvalue weighted by molar-refractivity contribution is 5.82. The van der Waals surface area contributed by atoms with Crippen molar-refractivity contribution in [3.8, 4) is 11.5 Å². The molecule has 0 saturated carbocycles. The summed E-state index contributed by atoms with van der Waals surface area (Å²) in [4.78, 5) is 49.4. The molecule has 2 N–H and O–H groups in total. The maximum Gasteiger partial charge on any atom is 0.510 e. The maximum absolute atomic E-state index is 12.6. The Bertz CT molecular complexity index is 941. The van der Waals surface area contributed by atoms with Crippen LogP contribution in [0.1, 0.15) is 67.9 Å². The Morgan fingerprint density at radius 1 is 0.914 bits per heavy atom. The monoisotopic (exact) mass is 495 g/mol. The summed E-state index contributed by atoms with van der Waals surface area (Å²) in [7, 11) is 0. The number of carboxylic acid groups (broad SMARTS) is 1. The third-order valence-corrected chi connectivity index (χ3v) is 4.48. The van der Waals surface area contributed by atoms with E-state index in [1.807, 2.05) is 0 Å². The highest BCUT2D eigenvalue weighted by atomic mass is 16.7. The summed E-state index contributed by atoms with van der Waals surface area (Å²) in [6.45, 7) is 15.0. The molecule has 0 aliphatic rings.